The summed E-state index contributed by atoms with van der Waals surface area (Å²) in [4.78, 5) is 16.6. The molecule has 2 aromatic rings. The molecule has 2 aromatic carbocycles. The Morgan fingerprint density at radius 1 is 1.11 bits per heavy atom. The highest BCUT2D eigenvalue weighted by Gasteiger charge is 2.39. The van der Waals surface area contributed by atoms with Gasteiger partial charge in [-0.15, -0.1) is 11.8 Å². The molecule has 0 saturated carbocycles. The molecule has 0 unspecified atom stereocenters. The van der Waals surface area contributed by atoms with E-state index in [1.54, 1.807) is 26.0 Å². The van der Waals surface area contributed by atoms with Gasteiger partial charge in [-0.25, -0.2) is 8.42 Å². The molecule has 0 aromatic heterocycles. The van der Waals surface area contributed by atoms with E-state index < -0.39 is 9.84 Å². The molecule has 0 aliphatic carbocycles. The molecule has 4 rings (SSSR count). The Bertz CT molecular complexity index is 1160. The van der Waals surface area contributed by atoms with Crippen LogP contribution in [0.3, 0.4) is 0 Å². The molecule has 0 bridgehead atoms. The van der Waals surface area contributed by atoms with E-state index in [4.69, 9.17) is 14.2 Å². The summed E-state index contributed by atoms with van der Waals surface area (Å²) in [6.45, 7) is 3.76. The van der Waals surface area contributed by atoms with Crippen LogP contribution in [0.25, 0.3) is 0 Å². The first-order chi connectivity index (χ1) is 17.3. The number of ether oxygens (including phenoxy) is 3. The van der Waals surface area contributed by atoms with Gasteiger partial charge in [0, 0.05) is 29.3 Å². The summed E-state index contributed by atoms with van der Waals surface area (Å²) in [5.41, 5.74) is 1.02. The van der Waals surface area contributed by atoms with Crippen molar-refractivity contribution in [1.82, 2.24) is 10.2 Å². The molecular weight excluding hydrogens is 500 g/mol. The average Bonchev–Trinajstić information content (AvgIpc) is 3.41. The highest BCUT2D eigenvalue weighted by Crippen LogP contribution is 2.36. The van der Waals surface area contributed by atoms with Crippen LogP contribution in [0.4, 0.5) is 0 Å². The number of benzene rings is 2. The van der Waals surface area contributed by atoms with E-state index in [0.717, 1.165) is 22.8 Å². The second-order valence-electron chi connectivity index (χ2n) is 9.12. The number of amides is 1. The van der Waals surface area contributed by atoms with Gasteiger partial charge in [0.15, 0.2) is 21.3 Å². The zero-order valence-corrected chi connectivity index (χ0v) is 22.6. The molecule has 10 heteroatoms. The van der Waals surface area contributed by atoms with E-state index in [9.17, 15) is 13.2 Å². The van der Waals surface area contributed by atoms with Gasteiger partial charge in [-0.1, -0.05) is 6.07 Å². The van der Waals surface area contributed by atoms with Crippen molar-refractivity contribution in [3.05, 3.63) is 48.0 Å². The first-order valence-corrected chi connectivity index (χ1v) is 14.9. The molecule has 2 saturated heterocycles. The minimum absolute atomic E-state index is 0.0195. The van der Waals surface area contributed by atoms with Crippen LogP contribution >= 0.6 is 11.8 Å². The maximum atomic E-state index is 13.3. The number of methoxy groups -OCH3 is 2. The van der Waals surface area contributed by atoms with E-state index in [1.165, 1.54) is 0 Å². The Morgan fingerprint density at radius 3 is 2.53 bits per heavy atom. The van der Waals surface area contributed by atoms with Crippen LogP contribution in [0, 0.1) is 0 Å². The Balaban J connectivity index is 1.50. The fourth-order valence-electron chi connectivity index (χ4n) is 4.77. The van der Waals surface area contributed by atoms with E-state index in [1.807, 2.05) is 49.4 Å². The molecule has 2 fully saturated rings. The zero-order valence-electron chi connectivity index (χ0n) is 20.9. The summed E-state index contributed by atoms with van der Waals surface area (Å²) in [6.07, 6.45) is 1.15. The fourth-order valence-corrected chi connectivity index (χ4v) is 7.67. The van der Waals surface area contributed by atoms with Crippen molar-refractivity contribution < 1.29 is 27.4 Å². The van der Waals surface area contributed by atoms with Crippen LogP contribution in [0.15, 0.2) is 47.4 Å². The lowest BCUT2D eigenvalue weighted by atomic mass is 10.1. The van der Waals surface area contributed by atoms with E-state index in [0.29, 0.717) is 37.5 Å². The van der Waals surface area contributed by atoms with Crippen LogP contribution in [-0.4, -0.2) is 75.4 Å². The number of carbonyl (C=O) groups is 1. The van der Waals surface area contributed by atoms with Gasteiger partial charge in [-0.2, -0.15) is 0 Å². The van der Waals surface area contributed by atoms with E-state index >= 15 is 0 Å². The minimum Gasteiger partial charge on any atom is -0.497 e. The van der Waals surface area contributed by atoms with Gasteiger partial charge in [-0.3, -0.25) is 9.69 Å². The first kappa shape index (κ1) is 26.6. The summed E-state index contributed by atoms with van der Waals surface area (Å²) in [5, 5.41) is 3.23. The Kier molecular flexibility index (Phi) is 8.69. The molecule has 2 heterocycles. The molecule has 8 nitrogen and oxygen atoms in total. The number of nitrogens with zero attached hydrogens (tertiary/aromatic N) is 1. The Morgan fingerprint density at radius 2 is 1.89 bits per heavy atom. The second kappa shape index (κ2) is 11.7. The van der Waals surface area contributed by atoms with Gasteiger partial charge in [0.2, 0.25) is 5.91 Å². The molecule has 36 heavy (non-hydrogen) atoms. The SMILES string of the molecule is CCOc1cc(CN2C[C@H](Sc3ccc(OC)cc3)C[C@H]2C(=O)N[C@H]2CCS(=O)(=O)C2)ccc1OC. The molecular formula is C26H34N2O6S2. The first-order valence-electron chi connectivity index (χ1n) is 12.2. The molecule has 3 atom stereocenters. The van der Waals surface area contributed by atoms with Gasteiger partial charge in [0.1, 0.15) is 5.75 Å². The van der Waals surface area contributed by atoms with Crippen LogP contribution in [-0.2, 0) is 21.2 Å². The zero-order chi connectivity index (χ0) is 25.7. The van der Waals surface area contributed by atoms with Crippen molar-refractivity contribution in [2.24, 2.45) is 0 Å². The van der Waals surface area contributed by atoms with Gasteiger partial charge < -0.3 is 19.5 Å². The average molecular weight is 535 g/mol. The maximum absolute atomic E-state index is 13.3. The number of thioether (sulfide) groups is 1. The largest absolute Gasteiger partial charge is 0.497 e. The molecule has 196 valence electrons. The van der Waals surface area contributed by atoms with Gasteiger partial charge in [0.05, 0.1) is 38.4 Å². The smallest absolute Gasteiger partial charge is 0.237 e. The summed E-state index contributed by atoms with van der Waals surface area (Å²) in [5.74, 6) is 2.21. The van der Waals surface area contributed by atoms with Crippen molar-refractivity contribution >= 4 is 27.5 Å². The van der Waals surface area contributed by atoms with Gasteiger partial charge in [0.25, 0.3) is 0 Å². The monoisotopic (exact) mass is 534 g/mol. The van der Waals surface area contributed by atoms with Crippen LogP contribution in [0.1, 0.15) is 25.3 Å². The van der Waals surface area contributed by atoms with Crippen molar-refractivity contribution in [1.29, 1.82) is 0 Å². The Hall–Kier alpha value is -2.43. The molecule has 0 radical (unpaired) electrons. The predicted molar refractivity (Wildman–Crippen MR) is 141 cm³/mol. The van der Waals surface area contributed by atoms with Crippen molar-refractivity contribution in [3.63, 3.8) is 0 Å². The van der Waals surface area contributed by atoms with Crippen LogP contribution in [0.5, 0.6) is 17.2 Å². The summed E-state index contributed by atoms with van der Waals surface area (Å²) < 4.78 is 40.2. The number of sulfone groups is 1. The normalized spacial score (nSPS) is 23.4. The number of rotatable bonds is 10. The number of hydrogen-bond acceptors (Lipinski definition) is 8. The molecule has 2 aliphatic rings. The number of carbonyl (C=O) groups excluding carboxylic acids is 1. The Labute approximate surface area is 217 Å². The summed E-state index contributed by atoms with van der Waals surface area (Å²) in [7, 11) is 0.189. The highest BCUT2D eigenvalue weighted by molar-refractivity contribution is 8.00. The van der Waals surface area contributed by atoms with Crippen LogP contribution in [0.2, 0.25) is 0 Å². The van der Waals surface area contributed by atoms with Crippen LogP contribution < -0.4 is 19.5 Å². The minimum atomic E-state index is -3.07. The number of hydrogen-bond donors (Lipinski definition) is 1. The molecule has 2 aliphatic heterocycles. The topological polar surface area (TPSA) is 94.2 Å². The van der Waals surface area contributed by atoms with Gasteiger partial charge >= 0.3 is 0 Å². The van der Waals surface area contributed by atoms with Gasteiger partial charge in [-0.05, 0) is 61.7 Å². The second-order valence-corrected chi connectivity index (χ2v) is 12.7. The lowest BCUT2D eigenvalue weighted by Crippen LogP contribution is -2.47. The predicted octanol–water partition coefficient (Wildman–Crippen LogP) is 3.14. The third-order valence-corrected chi connectivity index (χ3v) is 9.51. The number of nitrogens with one attached hydrogen (secondary N) is 1. The molecule has 1 amide bonds. The summed E-state index contributed by atoms with van der Waals surface area (Å²) >= 11 is 1.75. The standard InChI is InChI=1S/C26H34N2O6S2/c1-4-34-25-13-18(5-10-24(25)33-3)15-28-16-22(35-21-8-6-20(32-2)7-9-21)14-23(28)26(29)27-19-11-12-36(30,31)17-19/h5-10,13,19,22-23H,4,11-12,14-17H2,1-3H3,(H,27,29)/t19-,22+,23-/m0/s1. The highest BCUT2D eigenvalue weighted by atomic mass is 32.2. The van der Waals surface area contributed by atoms with Crippen molar-refractivity contribution in [2.45, 2.75) is 48.5 Å². The number of likely N-dealkylation sites (tertiary alicyclic amines) is 1. The van der Waals surface area contributed by atoms with E-state index in [-0.39, 0.29) is 34.7 Å². The summed E-state index contributed by atoms with van der Waals surface area (Å²) in [6, 6.07) is 13.1. The van der Waals surface area contributed by atoms with E-state index in [2.05, 4.69) is 10.2 Å². The quantitative estimate of drug-likeness (QED) is 0.497. The fraction of sp³-hybridized carbons (Fsp3) is 0.500. The lowest BCUT2D eigenvalue weighted by molar-refractivity contribution is -0.126. The third kappa shape index (κ3) is 6.66. The van der Waals surface area contributed by atoms with Crippen molar-refractivity contribution in [2.75, 3.05) is 38.9 Å². The van der Waals surface area contributed by atoms with Crippen molar-refractivity contribution in [3.8, 4) is 17.2 Å². The third-order valence-electron chi connectivity index (χ3n) is 6.52. The lowest BCUT2D eigenvalue weighted by Gasteiger charge is -2.25. The molecule has 0 spiro atoms. The maximum Gasteiger partial charge on any atom is 0.237 e. The molecule has 1 N–H and O–H groups in total.